The molecule has 1 rings (SSSR count). The van der Waals surface area contributed by atoms with E-state index in [4.69, 9.17) is 9.84 Å². The first-order chi connectivity index (χ1) is 15.4. The average molecular weight is 451 g/mol. The van der Waals surface area contributed by atoms with Gasteiger partial charge in [0.05, 0.1) is 18.6 Å². The number of ether oxygens (including phenoxy) is 1. The number of unbranched alkanes of at least 4 members (excludes halogenated alkanes) is 1. The number of amides is 2. The number of aliphatic hydroxyl groups excluding tert-OH is 1. The monoisotopic (exact) mass is 450 g/mol. The van der Waals surface area contributed by atoms with Crippen molar-refractivity contribution in [3.63, 3.8) is 0 Å². The summed E-state index contributed by atoms with van der Waals surface area (Å²) in [7, 11) is 0. The molecule has 0 spiro atoms. The minimum absolute atomic E-state index is 0.0136. The van der Waals surface area contributed by atoms with E-state index < -0.39 is 5.92 Å². The largest absolute Gasteiger partial charge is 0.463 e. The number of rotatable bonds is 16. The van der Waals surface area contributed by atoms with E-state index in [9.17, 15) is 14.4 Å². The highest BCUT2D eigenvalue weighted by Gasteiger charge is 2.26. The molecule has 0 aromatic rings. The molecule has 1 saturated carbocycles. The second kappa shape index (κ2) is 16.5. The standard InChI is InChI=1S/C25H42N2O5/c1-4-6-8-14-24(30)32-18-22(15-20-12-9-7-10-13-20)27-25(31)21(11-5-2)16-23(29)26-19(3)17-28/h4-5,19-22,28H,1-2,6-18H2,3H3,(H,26,29)(H,27,31)/t19-,21+,22-/m0/s1. The topological polar surface area (TPSA) is 105 Å². The van der Waals surface area contributed by atoms with Crippen LogP contribution in [0.4, 0.5) is 0 Å². The molecule has 0 saturated heterocycles. The summed E-state index contributed by atoms with van der Waals surface area (Å²) in [5.74, 6) is -0.850. The molecule has 2 amide bonds. The second-order valence-corrected chi connectivity index (χ2v) is 8.89. The number of hydrogen-bond acceptors (Lipinski definition) is 5. The van der Waals surface area contributed by atoms with E-state index in [0.717, 1.165) is 25.7 Å². The van der Waals surface area contributed by atoms with Gasteiger partial charge < -0.3 is 20.5 Å². The number of esters is 1. The molecular formula is C25H42N2O5. The fourth-order valence-electron chi connectivity index (χ4n) is 4.06. The molecule has 182 valence electrons. The van der Waals surface area contributed by atoms with Gasteiger partial charge in [0.15, 0.2) is 0 Å². The van der Waals surface area contributed by atoms with Crippen LogP contribution in [0.2, 0.25) is 0 Å². The van der Waals surface area contributed by atoms with Crippen molar-refractivity contribution in [2.45, 2.75) is 89.6 Å². The smallest absolute Gasteiger partial charge is 0.305 e. The van der Waals surface area contributed by atoms with Crippen molar-refractivity contribution in [3.05, 3.63) is 25.3 Å². The molecule has 1 aliphatic rings. The van der Waals surface area contributed by atoms with Gasteiger partial charge in [-0.1, -0.05) is 44.3 Å². The van der Waals surface area contributed by atoms with E-state index >= 15 is 0 Å². The fraction of sp³-hybridized carbons (Fsp3) is 0.720. The molecule has 0 unspecified atom stereocenters. The highest BCUT2D eigenvalue weighted by atomic mass is 16.5. The molecule has 0 heterocycles. The maximum Gasteiger partial charge on any atom is 0.305 e. The molecule has 0 aliphatic heterocycles. The highest BCUT2D eigenvalue weighted by Crippen LogP contribution is 2.27. The van der Waals surface area contributed by atoms with Crippen LogP contribution < -0.4 is 10.6 Å². The quantitative estimate of drug-likeness (QED) is 0.190. The van der Waals surface area contributed by atoms with Crippen molar-refractivity contribution >= 4 is 17.8 Å². The molecule has 1 fully saturated rings. The summed E-state index contributed by atoms with van der Waals surface area (Å²) in [5.41, 5.74) is 0. The molecule has 3 N–H and O–H groups in total. The van der Waals surface area contributed by atoms with Crippen molar-refractivity contribution in [1.29, 1.82) is 0 Å². The molecule has 0 radical (unpaired) electrons. The van der Waals surface area contributed by atoms with Gasteiger partial charge in [0, 0.05) is 18.9 Å². The Labute approximate surface area is 193 Å². The third-order valence-corrected chi connectivity index (χ3v) is 5.86. The molecule has 7 heteroatoms. The SMILES string of the molecule is C=CCCCC(=O)OC[C@H](CC1CCCCC1)NC(=O)[C@H](CC=C)CC(=O)N[C@@H](C)CO. The summed E-state index contributed by atoms with van der Waals surface area (Å²) < 4.78 is 5.47. The molecular weight excluding hydrogens is 408 g/mol. The third kappa shape index (κ3) is 12.0. The van der Waals surface area contributed by atoms with E-state index in [1.165, 1.54) is 19.3 Å². The first-order valence-electron chi connectivity index (χ1n) is 12.0. The zero-order valence-electron chi connectivity index (χ0n) is 19.7. The Morgan fingerprint density at radius 1 is 1.12 bits per heavy atom. The Bertz CT molecular complexity index is 601. The Morgan fingerprint density at radius 2 is 1.84 bits per heavy atom. The van der Waals surface area contributed by atoms with Crippen LogP contribution in [-0.2, 0) is 19.1 Å². The maximum absolute atomic E-state index is 13.0. The van der Waals surface area contributed by atoms with Crippen molar-refractivity contribution in [1.82, 2.24) is 10.6 Å². The van der Waals surface area contributed by atoms with E-state index in [1.54, 1.807) is 19.1 Å². The lowest BCUT2D eigenvalue weighted by atomic mass is 9.84. The van der Waals surface area contributed by atoms with Gasteiger partial charge in [-0.25, -0.2) is 0 Å². The Morgan fingerprint density at radius 3 is 2.47 bits per heavy atom. The van der Waals surface area contributed by atoms with Crippen molar-refractivity contribution < 1.29 is 24.2 Å². The van der Waals surface area contributed by atoms with Crippen molar-refractivity contribution in [2.24, 2.45) is 11.8 Å². The van der Waals surface area contributed by atoms with Gasteiger partial charge in [0.2, 0.25) is 11.8 Å². The molecule has 0 bridgehead atoms. The number of carbonyl (C=O) groups excluding carboxylic acids is 3. The minimum Gasteiger partial charge on any atom is -0.463 e. The van der Waals surface area contributed by atoms with Gasteiger partial charge in [0.25, 0.3) is 0 Å². The van der Waals surface area contributed by atoms with Gasteiger partial charge in [0.1, 0.15) is 6.61 Å². The van der Waals surface area contributed by atoms with Gasteiger partial charge in [-0.05, 0) is 38.5 Å². The summed E-state index contributed by atoms with van der Waals surface area (Å²) in [5, 5.41) is 14.8. The van der Waals surface area contributed by atoms with Crippen LogP contribution in [0.3, 0.4) is 0 Å². The lowest BCUT2D eigenvalue weighted by Gasteiger charge is -2.28. The highest BCUT2D eigenvalue weighted by molar-refractivity contribution is 5.86. The summed E-state index contributed by atoms with van der Waals surface area (Å²) in [6, 6.07) is -0.643. The van der Waals surface area contributed by atoms with Crippen LogP contribution in [0.15, 0.2) is 25.3 Å². The lowest BCUT2D eigenvalue weighted by Crippen LogP contribution is -2.45. The van der Waals surface area contributed by atoms with Gasteiger partial charge in [-0.2, -0.15) is 0 Å². The molecule has 1 aliphatic carbocycles. The van der Waals surface area contributed by atoms with Crippen LogP contribution in [0.5, 0.6) is 0 Å². The average Bonchev–Trinajstić information content (AvgIpc) is 2.77. The van der Waals surface area contributed by atoms with E-state index in [-0.39, 0.29) is 49.5 Å². The zero-order valence-corrected chi connectivity index (χ0v) is 19.7. The summed E-state index contributed by atoms with van der Waals surface area (Å²) in [4.78, 5) is 37.3. The normalized spacial score (nSPS) is 16.9. The first-order valence-corrected chi connectivity index (χ1v) is 12.0. The van der Waals surface area contributed by atoms with Gasteiger partial charge in [-0.15, -0.1) is 13.2 Å². The molecule has 7 nitrogen and oxygen atoms in total. The summed E-state index contributed by atoms with van der Waals surface area (Å²) in [6.45, 7) is 9.04. The van der Waals surface area contributed by atoms with Crippen LogP contribution in [0.1, 0.15) is 77.6 Å². The van der Waals surface area contributed by atoms with Crippen molar-refractivity contribution in [2.75, 3.05) is 13.2 Å². The van der Waals surface area contributed by atoms with Crippen LogP contribution in [0.25, 0.3) is 0 Å². The van der Waals surface area contributed by atoms with Gasteiger partial charge in [-0.3, -0.25) is 14.4 Å². The predicted molar refractivity (Wildman–Crippen MR) is 126 cm³/mol. The number of nitrogens with one attached hydrogen (secondary N) is 2. The number of hydrogen-bond donors (Lipinski definition) is 3. The van der Waals surface area contributed by atoms with E-state index in [2.05, 4.69) is 23.8 Å². The molecule has 0 aromatic carbocycles. The number of carbonyl (C=O) groups is 3. The zero-order chi connectivity index (χ0) is 23.8. The number of allylic oxidation sites excluding steroid dienone is 2. The maximum atomic E-state index is 13.0. The van der Waals surface area contributed by atoms with Crippen LogP contribution in [0, 0.1) is 11.8 Å². The Kier molecular flexibility index (Phi) is 14.4. The van der Waals surface area contributed by atoms with Crippen LogP contribution >= 0.6 is 0 Å². The lowest BCUT2D eigenvalue weighted by molar-refractivity contribution is -0.145. The van der Waals surface area contributed by atoms with E-state index in [1.807, 2.05) is 0 Å². The van der Waals surface area contributed by atoms with Crippen molar-refractivity contribution in [3.8, 4) is 0 Å². The molecule has 0 aromatic heterocycles. The Hall–Kier alpha value is -2.15. The van der Waals surface area contributed by atoms with Crippen LogP contribution in [-0.4, -0.2) is 48.2 Å². The first kappa shape index (κ1) is 27.9. The minimum atomic E-state index is -0.560. The fourth-order valence-corrected chi connectivity index (χ4v) is 4.06. The van der Waals surface area contributed by atoms with E-state index in [0.29, 0.717) is 25.2 Å². The molecule has 3 atom stereocenters. The third-order valence-electron chi connectivity index (χ3n) is 5.86. The second-order valence-electron chi connectivity index (χ2n) is 8.89. The number of aliphatic hydroxyl groups is 1. The summed E-state index contributed by atoms with van der Waals surface area (Å²) >= 11 is 0. The summed E-state index contributed by atoms with van der Waals surface area (Å²) in [6.07, 6.45) is 12.2. The molecule has 32 heavy (non-hydrogen) atoms. The Balaban J connectivity index is 2.71. The predicted octanol–water partition coefficient (Wildman–Crippen LogP) is 3.42. The van der Waals surface area contributed by atoms with Gasteiger partial charge >= 0.3 is 5.97 Å².